The Kier molecular flexibility index (Phi) is 5.48. The fourth-order valence-corrected chi connectivity index (χ4v) is 3.41. The summed E-state index contributed by atoms with van der Waals surface area (Å²) in [7, 11) is 0. The van der Waals surface area contributed by atoms with Gasteiger partial charge < -0.3 is 19.5 Å². The molecule has 2 atom stereocenters. The van der Waals surface area contributed by atoms with Crippen LogP contribution in [0.3, 0.4) is 0 Å². The smallest absolute Gasteiger partial charge is 0.231 e. The third-order valence-electron chi connectivity index (χ3n) is 4.64. The number of rotatable bonds is 4. The molecule has 2 aliphatic rings. The lowest BCUT2D eigenvalue weighted by atomic mass is 9.81. The van der Waals surface area contributed by atoms with E-state index in [-0.39, 0.29) is 12.4 Å². The minimum atomic E-state index is 0. The number of ether oxygens (including phenoxy) is 3. The third-order valence-corrected chi connectivity index (χ3v) is 4.64. The molecule has 0 aromatic heterocycles. The molecule has 0 saturated carbocycles. The molecule has 2 aromatic carbocycles. The lowest BCUT2D eigenvalue weighted by Crippen LogP contribution is -2.38. The van der Waals surface area contributed by atoms with Gasteiger partial charge in [-0.2, -0.15) is 0 Å². The minimum absolute atomic E-state index is 0. The van der Waals surface area contributed by atoms with Crippen molar-refractivity contribution in [2.75, 3.05) is 26.5 Å². The summed E-state index contributed by atoms with van der Waals surface area (Å²) in [5, 5.41) is 3.49. The van der Waals surface area contributed by atoms with Crippen molar-refractivity contribution in [3.05, 3.63) is 54.1 Å². The summed E-state index contributed by atoms with van der Waals surface area (Å²) in [6, 6.07) is 16.5. The molecule has 128 valence electrons. The van der Waals surface area contributed by atoms with Gasteiger partial charge in [-0.1, -0.05) is 30.3 Å². The SMILES string of the molecule is Cl.c1ccc([C@@H]2CCNC[C@H]2COc2ccc3c(c2)OCO3)cc1. The number of hydrogen-bond acceptors (Lipinski definition) is 4. The van der Waals surface area contributed by atoms with Gasteiger partial charge in [0.05, 0.1) is 6.61 Å². The number of piperidine rings is 1. The van der Waals surface area contributed by atoms with Crippen LogP contribution >= 0.6 is 12.4 Å². The second kappa shape index (κ2) is 7.77. The van der Waals surface area contributed by atoms with Crippen LogP contribution in [0.5, 0.6) is 17.2 Å². The first-order valence-corrected chi connectivity index (χ1v) is 8.18. The molecule has 0 aliphatic carbocycles. The van der Waals surface area contributed by atoms with Crippen LogP contribution in [0.1, 0.15) is 17.9 Å². The molecule has 2 aliphatic heterocycles. The van der Waals surface area contributed by atoms with E-state index in [0.29, 0.717) is 25.2 Å². The molecular formula is C19H22ClNO3. The summed E-state index contributed by atoms with van der Waals surface area (Å²) in [5.41, 5.74) is 1.41. The molecule has 2 heterocycles. The highest BCUT2D eigenvalue weighted by Crippen LogP contribution is 2.36. The highest BCUT2D eigenvalue weighted by Gasteiger charge is 2.27. The number of fused-ring (bicyclic) bond motifs is 1. The van der Waals surface area contributed by atoms with E-state index in [9.17, 15) is 0 Å². The molecule has 0 bridgehead atoms. The standard InChI is InChI=1S/C19H21NO3.ClH/c1-2-4-14(5-3-1)17-8-9-20-11-15(17)12-21-16-6-7-18-19(10-16)23-13-22-18;/h1-7,10,15,17,20H,8-9,11-13H2;1H/t15-,17-;/m0./s1. The monoisotopic (exact) mass is 347 g/mol. The van der Waals surface area contributed by atoms with Crippen LogP contribution < -0.4 is 19.5 Å². The molecule has 0 radical (unpaired) electrons. The van der Waals surface area contributed by atoms with Gasteiger partial charge in [-0.05, 0) is 36.6 Å². The van der Waals surface area contributed by atoms with Crippen molar-refractivity contribution in [2.45, 2.75) is 12.3 Å². The molecule has 0 unspecified atom stereocenters. The first-order chi connectivity index (χ1) is 11.4. The van der Waals surface area contributed by atoms with Crippen molar-refractivity contribution >= 4 is 12.4 Å². The van der Waals surface area contributed by atoms with Gasteiger partial charge in [-0.3, -0.25) is 0 Å². The predicted molar refractivity (Wildman–Crippen MR) is 95.5 cm³/mol. The summed E-state index contributed by atoms with van der Waals surface area (Å²) in [6.45, 7) is 3.05. The van der Waals surface area contributed by atoms with Crippen LogP contribution in [0.25, 0.3) is 0 Å². The van der Waals surface area contributed by atoms with Gasteiger partial charge in [0.15, 0.2) is 11.5 Å². The van der Waals surface area contributed by atoms with Gasteiger partial charge in [0.25, 0.3) is 0 Å². The third kappa shape index (κ3) is 3.60. The van der Waals surface area contributed by atoms with Crippen LogP contribution in [0.15, 0.2) is 48.5 Å². The van der Waals surface area contributed by atoms with Gasteiger partial charge >= 0.3 is 0 Å². The second-order valence-electron chi connectivity index (χ2n) is 6.10. The maximum Gasteiger partial charge on any atom is 0.231 e. The van der Waals surface area contributed by atoms with Crippen molar-refractivity contribution in [2.24, 2.45) is 5.92 Å². The first-order valence-electron chi connectivity index (χ1n) is 8.18. The predicted octanol–water partition coefficient (Wildman–Crippen LogP) is 3.61. The molecular weight excluding hydrogens is 326 g/mol. The molecule has 1 N–H and O–H groups in total. The van der Waals surface area contributed by atoms with Gasteiger partial charge in [-0.15, -0.1) is 12.4 Å². The van der Waals surface area contributed by atoms with Crippen molar-refractivity contribution in [3.8, 4) is 17.2 Å². The summed E-state index contributed by atoms with van der Waals surface area (Å²) in [5.74, 6) is 3.41. The fourth-order valence-electron chi connectivity index (χ4n) is 3.41. The van der Waals surface area contributed by atoms with Gasteiger partial charge in [0, 0.05) is 18.5 Å². The number of nitrogens with one attached hydrogen (secondary N) is 1. The van der Waals surface area contributed by atoms with E-state index in [1.54, 1.807) is 0 Å². The van der Waals surface area contributed by atoms with Crippen LogP contribution in [0.4, 0.5) is 0 Å². The number of halogens is 1. The average Bonchev–Trinajstić information content (AvgIpc) is 3.09. The Morgan fingerprint density at radius 2 is 1.88 bits per heavy atom. The number of benzene rings is 2. The molecule has 4 nitrogen and oxygen atoms in total. The molecule has 0 amide bonds. The molecule has 1 fully saturated rings. The van der Waals surface area contributed by atoms with E-state index in [1.165, 1.54) is 5.56 Å². The molecule has 5 heteroatoms. The summed E-state index contributed by atoms with van der Waals surface area (Å²) in [4.78, 5) is 0. The van der Waals surface area contributed by atoms with Gasteiger partial charge in [0.1, 0.15) is 5.75 Å². The Morgan fingerprint density at radius 3 is 2.75 bits per heavy atom. The summed E-state index contributed by atoms with van der Waals surface area (Å²) in [6.07, 6.45) is 1.15. The highest BCUT2D eigenvalue weighted by molar-refractivity contribution is 5.85. The zero-order valence-electron chi connectivity index (χ0n) is 13.4. The first kappa shape index (κ1) is 16.9. The molecule has 1 saturated heterocycles. The topological polar surface area (TPSA) is 39.7 Å². The van der Waals surface area contributed by atoms with Gasteiger partial charge in [0.2, 0.25) is 6.79 Å². The fraction of sp³-hybridized carbons (Fsp3) is 0.368. The van der Waals surface area contributed by atoms with Gasteiger partial charge in [-0.25, -0.2) is 0 Å². The van der Waals surface area contributed by atoms with E-state index >= 15 is 0 Å². The maximum atomic E-state index is 6.05. The van der Waals surface area contributed by atoms with Crippen molar-refractivity contribution in [3.63, 3.8) is 0 Å². The van der Waals surface area contributed by atoms with E-state index in [1.807, 2.05) is 18.2 Å². The Hall–Kier alpha value is -1.91. The lowest BCUT2D eigenvalue weighted by Gasteiger charge is -2.32. The van der Waals surface area contributed by atoms with E-state index in [4.69, 9.17) is 14.2 Å². The van der Waals surface area contributed by atoms with Crippen LogP contribution in [-0.2, 0) is 0 Å². The molecule has 24 heavy (non-hydrogen) atoms. The summed E-state index contributed by atoms with van der Waals surface area (Å²) < 4.78 is 16.8. The van der Waals surface area contributed by atoms with Crippen molar-refractivity contribution in [1.29, 1.82) is 0 Å². The molecule has 0 spiro atoms. The Balaban J connectivity index is 0.00000169. The zero-order valence-corrected chi connectivity index (χ0v) is 14.3. The number of hydrogen-bond donors (Lipinski definition) is 1. The Bertz CT molecular complexity index is 665. The van der Waals surface area contributed by atoms with Crippen LogP contribution in [-0.4, -0.2) is 26.5 Å². The van der Waals surface area contributed by atoms with Crippen LogP contribution in [0, 0.1) is 5.92 Å². The molecule has 4 rings (SSSR count). The van der Waals surface area contributed by atoms with E-state index in [0.717, 1.165) is 36.8 Å². The lowest BCUT2D eigenvalue weighted by molar-refractivity contribution is 0.173. The van der Waals surface area contributed by atoms with Crippen molar-refractivity contribution in [1.82, 2.24) is 5.32 Å². The van der Waals surface area contributed by atoms with Crippen LogP contribution in [0.2, 0.25) is 0 Å². The Labute approximate surface area is 148 Å². The summed E-state index contributed by atoms with van der Waals surface area (Å²) >= 11 is 0. The van der Waals surface area contributed by atoms with E-state index < -0.39 is 0 Å². The molecule has 2 aromatic rings. The maximum absolute atomic E-state index is 6.05. The average molecular weight is 348 g/mol. The normalized spacial score (nSPS) is 21.8. The van der Waals surface area contributed by atoms with E-state index in [2.05, 4.69) is 35.6 Å². The Morgan fingerprint density at radius 1 is 1.04 bits per heavy atom. The largest absolute Gasteiger partial charge is 0.493 e. The second-order valence-corrected chi connectivity index (χ2v) is 6.10. The zero-order chi connectivity index (χ0) is 15.5. The quantitative estimate of drug-likeness (QED) is 0.917. The highest BCUT2D eigenvalue weighted by atomic mass is 35.5. The minimum Gasteiger partial charge on any atom is -0.493 e. The van der Waals surface area contributed by atoms with Crippen molar-refractivity contribution < 1.29 is 14.2 Å².